The summed E-state index contributed by atoms with van der Waals surface area (Å²) in [7, 11) is 3.49. The Morgan fingerprint density at radius 2 is 2.08 bits per heavy atom. The van der Waals surface area contributed by atoms with Crippen LogP contribution in [-0.4, -0.2) is 54.5 Å². The van der Waals surface area contributed by atoms with E-state index in [2.05, 4.69) is 5.16 Å². The van der Waals surface area contributed by atoms with Crippen LogP contribution in [0, 0.1) is 0 Å². The van der Waals surface area contributed by atoms with Crippen molar-refractivity contribution in [3.05, 3.63) is 42.1 Å². The number of nitrogens with zero attached hydrogens (tertiary/aromatic N) is 2. The summed E-state index contributed by atoms with van der Waals surface area (Å²) in [4.78, 5) is 15.3. The maximum atomic E-state index is 13.3. The topological polar surface area (TPSA) is 64.8 Å². The minimum absolute atomic E-state index is 0.0113. The molecule has 0 spiro atoms. The van der Waals surface area contributed by atoms with Crippen LogP contribution in [0.1, 0.15) is 36.0 Å². The lowest BCUT2D eigenvalue weighted by Crippen LogP contribution is -2.53. The molecule has 0 N–H and O–H groups in total. The first kappa shape index (κ1) is 17.2. The lowest BCUT2D eigenvalue weighted by atomic mass is 9.79. The number of carbonyl (C=O) groups excluding carboxylic acids is 1. The van der Waals surface area contributed by atoms with Gasteiger partial charge in [-0.25, -0.2) is 0 Å². The van der Waals surface area contributed by atoms with E-state index in [9.17, 15) is 4.79 Å². The summed E-state index contributed by atoms with van der Waals surface area (Å²) in [6.07, 6.45) is 5.20. The Morgan fingerprint density at radius 1 is 1.27 bits per heavy atom. The number of methoxy groups -OCH3 is 2. The van der Waals surface area contributed by atoms with E-state index in [0.717, 1.165) is 31.2 Å². The van der Waals surface area contributed by atoms with Gasteiger partial charge >= 0.3 is 0 Å². The third-order valence-corrected chi connectivity index (χ3v) is 5.97. The average molecular weight is 356 g/mol. The second-order valence-corrected chi connectivity index (χ2v) is 7.10. The fourth-order valence-electron chi connectivity index (χ4n) is 4.46. The first-order valence-corrected chi connectivity index (χ1v) is 9.07. The third kappa shape index (κ3) is 2.73. The van der Waals surface area contributed by atoms with E-state index < -0.39 is 0 Å². The SMILES string of the molecule is CO[C@H]1CC[C@@]2(OC)CCN(C(=O)c3cnoc3-c3ccccc3)[C@H]2C1. The van der Waals surface area contributed by atoms with Crippen molar-refractivity contribution < 1.29 is 18.8 Å². The highest BCUT2D eigenvalue weighted by Gasteiger charge is 2.53. The summed E-state index contributed by atoms with van der Waals surface area (Å²) < 4.78 is 16.9. The molecule has 2 heterocycles. The van der Waals surface area contributed by atoms with E-state index >= 15 is 0 Å². The molecule has 138 valence electrons. The Morgan fingerprint density at radius 3 is 2.81 bits per heavy atom. The molecule has 0 radical (unpaired) electrons. The van der Waals surface area contributed by atoms with Crippen LogP contribution >= 0.6 is 0 Å². The smallest absolute Gasteiger partial charge is 0.259 e. The number of hydrogen-bond acceptors (Lipinski definition) is 5. The largest absolute Gasteiger partial charge is 0.381 e. The Hall–Kier alpha value is -2.18. The number of ether oxygens (including phenoxy) is 2. The molecule has 2 fully saturated rings. The molecule has 1 aromatic carbocycles. The van der Waals surface area contributed by atoms with Crippen LogP contribution in [0.15, 0.2) is 41.1 Å². The van der Waals surface area contributed by atoms with Crippen molar-refractivity contribution in [2.24, 2.45) is 0 Å². The van der Waals surface area contributed by atoms with Gasteiger partial charge < -0.3 is 18.9 Å². The van der Waals surface area contributed by atoms with Crippen molar-refractivity contribution >= 4 is 5.91 Å². The second-order valence-electron chi connectivity index (χ2n) is 7.10. The molecule has 3 atom stereocenters. The van der Waals surface area contributed by atoms with Gasteiger partial charge in [0, 0.05) is 26.3 Å². The van der Waals surface area contributed by atoms with Crippen LogP contribution < -0.4 is 0 Å². The highest BCUT2D eigenvalue weighted by molar-refractivity contribution is 5.99. The fraction of sp³-hybridized carbons (Fsp3) is 0.500. The molecular weight excluding hydrogens is 332 g/mol. The van der Waals surface area contributed by atoms with Gasteiger partial charge in [-0.2, -0.15) is 0 Å². The van der Waals surface area contributed by atoms with Gasteiger partial charge in [-0.05, 0) is 25.7 Å². The average Bonchev–Trinajstić information content (AvgIpc) is 3.33. The molecule has 26 heavy (non-hydrogen) atoms. The first-order valence-electron chi connectivity index (χ1n) is 9.07. The maximum Gasteiger partial charge on any atom is 0.259 e. The number of hydrogen-bond donors (Lipinski definition) is 0. The molecule has 2 aliphatic rings. The number of benzene rings is 1. The minimum atomic E-state index is -0.269. The number of amides is 1. The lowest BCUT2D eigenvalue weighted by Gasteiger charge is -2.43. The molecular formula is C20H24N2O4. The predicted molar refractivity (Wildman–Crippen MR) is 95.8 cm³/mol. The zero-order valence-electron chi connectivity index (χ0n) is 15.2. The van der Waals surface area contributed by atoms with E-state index in [-0.39, 0.29) is 23.7 Å². The van der Waals surface area contributed by atoms with Gasteiger partial charge in [-0.15, -0.1) is 0 Å². The van der Waals surface area contributed by atoms with Gasteiger partial charge in [0.15, 0.2) is 5.76 Å². The molecule has 1 saturated heterocycles. The maximum absolute atomic E-state index is 13.3. The van der Waals surface area contributed by atoms with Gasteiger partial charge in [-0.1, -0.05) is 35.5 Å². The van der Waals surface area contributed by atoms with Crippen LogP contribution in [0.4, 0.5) is 0 Å². The highest BCUT2D eigenvalue weighted by Crippen LogP contribution is 2.44. The van der Waals surface area contributed by atoms with Crippen molar-refractivity contribution in [2.45, 2.75) is 43.4 Å². The number of likely N-dealkylation sites (tertiary alicyclic amines) is 1. The normalized spacial score (nSPS) is 28.2. The molecule has 6 nitrogen and oxygen atoms in total. The van der Waals surface area contributed by atoms with Crippen molar-refractivity contribution in [1.29, 1.82) is 0 Å². The molecule has 1 aromatic heterocycles. The second kappa shape index (κ2) is 6.85. The van der Waals surface area contributed by atoms with Crippen molar-refractivity contribution in [3.8, 4) is 11.3 Å². The summed E-state index contributed by atoms with van der Waals surface area (Å²) in [5.41, 5.74) is 1.08. The monoisotopic (exact) mass is 356 g/mol. The Kier molecular flexibility index (Phi) is 4.54. The fourth-order valence-corrected chi connectivity index (χ4v) is 4.46. The van der Waals surface area contributed by atoms with Crippen LogP contribution in [0.25, 0.3) is 11.3 Å². The summed E-state index contributed by atoms with van der Waals surface area (Å²) >= 11 is 0. The predicted octanol–water partition coefficient (Wildman–Crippen LogP) is 3.14. The van der Waals surface area contributed by atoms with E-state index in [1.807, 2.05) is 35.2 Å². The molecule has 1 aliphatic heterocycles. The van der Waals surface area contributed by atoms with E-state index in [4.69, 9.17) is 14.0 Å². The third-order valence-electron chi connectivity index (χ3n) is 5.97. The lowest BCUT2D eigenvalue weighted by molar-refractivity contribution is -0.0893. The Balaban J connectivity index is 1.64. The molecule has 6 heteroatoms. The van der Waals surface area contributed by atoms with Gasteiger partial charge in [-0.3, -0.25) is 4.79 Å². The number of carbonyl (C=O) groups is 1. The quantitative estimate of drug-likeness (QED) is 0.842. The van der Waals surface area contributed by atoms with Gasteiger partial charge in [0.05, 0.1) is 23.9 Å². The highest BCUT2D eigenvalue weighted by atomic mass is 16.5. The van der Waals surface area contributed by atoms with Crippen molar-refractivity contribution in [3.63, 3.8) is 0 Å². The summed E-state index contributed by atoms with van der Waals surface area (Å²) in [6.45, 7) is 0.674. The first-order chi connectivity index (χ1) is 12.7. The van der Waals surface area contributed by atoms with Gasteiger partial charge in [0.2, 0.25) is 0 Å². The summed E-state index contributed by atoms with van der Waals surface area (Å²) in [6, 6.07) is 9.62. The Labute approximate surface area is 153 Å². The zero-order chi connectivity index (χ0) is 18.1. The van der Waals surface area contributed by atoms with Crippen LogP contribution in [0.2, 0.25) is 0 Å². The van der Waals surface area contributed by atoms with Crippen LogP contribution in [0.3, 0.4) is 0 Å². The molecule has 2 aromatic rings. The zero-order valence-corrected chi connectivity index (χ0v) is 15.2. The molecule has 1 saturated carbocycles. The molecule has 0 unspecified atom stereocenters. The molecule has 1 amide bonds. The molecule has 1 aliphatic carbocycles. The van der Waals surface area contributed by atoms with E-state index in [1.165, 1.54) is 6.20 Å². The van der Waals surface area contributed by atoms with E-state index in [1.54, 1.807) is 14.2 Å². The standard InChI is InChI=1S/C20H24N2O4/c1-24-15-8-9-20(25-2)10-11-22(17(20)12-15)19(23)16-13-21-26-18(16)14-6-4-3-5-7-14/h3-7,13,15,17H,8-12H2,1-2H3/t15-,17-,20+/m0/s1. The molecule has 0 bridgehead atoms. The van der Waals surface area contributed by atoms with Crippen LogP contribution in [0.5, 0.6) is 0 Å². The summed E-state index contributed by atoms with van der Waals surface area (Å²) in [5.74, 6) is 0.468. The minimum Gasteiger partial charge on any atom is -0.381 e. The van der Waals surface area contributed by atoms with Crippen LogP contribution in [-0.2, 0) is 9.47 Å². The van der Waals surface area contributed by atoms with E-state index in [0.29, 0.717) is 17.9 Å². The van der Waals surface area contributed by atoms with Gasteiger partial charge in [0.1, 0.15) is 5.56 Å². The Bertz CT molecular complexity index is 775. The van der Waals surface area contributed by atoms with Gasteiger partial charge in [0.25, 0.3) is 5.91 Å². The number of fused-ring (bicyclic) bond motifs is 1. The van der Waals surface area contributed by atoms with Crippen molar-refractivity contribution in [1.82, 2.24) is 10.1 Å². The van der Waals surface area contributed by atoms with Crippen molar-refractivity contribution in [2.75, 3.05) is 20.8 Å². The summed E-state index contributed by atoms with van der Waals surface area (Å²) in [5, 5.41) is 3.89. The number of rotatable bonds is 4. The number of aromatic nitrogens is 1. The molecule has 4 rings (SSSR count).